The van der Waals surface area contributed by atoms with Crippen LogP contribution in [-0.2, 0) is 4.79 Å². The van der Waals surface area contributed by atoms with E-state index in [-0.39, 0.29) is 11.4 Å². The Morgan fingerprint density at radius 3 is 2.62 bits per heavy atom. The molecule has 0 saturated heterocycles. The molecule has 2 aliphatic heterocycles. The Morgan fingerprint density at radius 1 is 1.21 bits per heavy atom. The van der Waals surface area contributed by atoms with Crippen LogP contribution in [0.1, 0.15) is 32.4 Å². The first-order valence-electron chi connectivity index (χ1n) is 9.36. The molecule has 0 unspecified atom stereocenters. The Hall–Kier alpha value is -2.64. The lowest BCUT2D eigenvalue weighted by Crippen LogP contribution is -2.35. The first-order chi connectivity index (χ1) is 14.0. The normalized spacial score (nSPS) is 17.8. The van der Waals surface area contributed by atoms with Crippen LogP contribution in [0.25, 0.3) is 17.4 Å². The van der Waals surface area contributed by atoms with Gasteiger partial charge >= 0.3 is 0 Å². The van der Waals surface area contributed by atoms with Crippen LogP contribution in [0.3, 0.4) is 0 Å². The molecule has 1 N–H and O–H groups in total. The van der Waals surface area contributed by atoms with E-state index in [0.717, 1.165) is 23.4 Å². The molecule has 0 saturated carbocycles. The van der Waals surface area contributed by atoms with Gasteiger partial charge in [0.25, 0.3) is 5.91 Å². The number of rotatable bonds is 5. The van der Waals surface area contributed by atoms with Crippen molar-refractivity contribution >= 4 is 51.4 Å². The zero-order valence-corrected chi connectivity index (χ0v) is 17.5. The molecule has 29 heavy (non-hydrogen) atoms. The van der Waals surface area contributed by atoms with Gasteiger partial charge in [-0.05, 0) is 67.1 Å². The molecule has 6 nitrogen and oxygen atoms in total. The quantitative estimate of drug-likeness (QED) is 0.625. The summed E-state index contributed by atoms with van der Waals surface area (Å²) in [6.07, 6.45) is 3.44. The van der Waals surface area contributed by atoms with Crippen molar-refractivity contribution in [2.75, 3.05) is 0 Å². The third-order valence-corrected chi connectivity index (χ3v) is 6.17. The van der Waals surface area contributed by atoms with Gasteiger partial charge in [-0.3, -0.25) is 10.2 Å². The molecule has 0 spiro atoms. The van der Waals surface area contributed by atoms with Gasteiger partial charge in [0.05, 0.1) is 5.57 Å². The fourth-order valence-electron chi connectivity index (χ4n) is 3.15. The number of hydrogen-bond acceptors (Lipinski definition) is 5. The number of furan rings is 1. The average molecular weight is 427 g/mol. The molecule has 0 atom stereocenters. The van der Waals surface area contributed by atoms with Crippen molar-refractivity contribution in [3.8, 4) is 11.3 Å². The van der Waals surface area contributed by atoms with E-state index >= 15 is 0 Å². The Balaban J connectivity index is 1.61. The number of amides is 1. The Morgan fingerprint density at radius 2 is 1.93 bits per heavy atom. The standard InChI is InChI=1S/C21H19ClN4O2S/c1-3-12(4-2)20-25-26-18(23)16(19(27)24-21(26)29-20)11-15-9-10-17(28-15)13-5-7-14(22)8-6-13/h5-12,23H,3-4H2,1-2H3/b16-11-,23-18?. The molecule has 0 radical (unpaired) electrons. The van der Waals surface area contributed by atoms with Gasteiger partial charge in [-0.2, -0.15) is 15.1 Å². The number of benzene rings is 1. The van der Waals surface area contributed by atoms with E-state index < -0.39 is 5.91 Å². The van der Waals surface area contributed by atoms with Gasteiger partial charge < -0.3 is 4.42 Å². The van der Waals surface area contributed by atoms with E-state index in [0.29, 0.717) is 27.6 Å². The third-order valence-electron chi connectivity index (χ3n) is 4.85. The Bertz CT molecular complexity index is 1060. The highest BCUT2D eigenvalue weighted by Crippen LogP contribution is 2.33. The lowest BCUT2D eigenvalue weighted by Gasteiger charge is -2.19. The predicted molar refractivity (Wildman–Crippen MR) is 118 cm³/mol. The van der Waals surface area contributed by atoms with Gasteiger partial charge in [0.15, 0.2) is 5.84 Å². The van der Waals surface area contributed by atoms with Gasteiger partial charge in [-0.1, -0.05) is 25.4 Å². The van der Waals surface area contributed by atoms with Crippen LogP contribution in [0, 0.1) is 11.3 Å². The van der Waals surface area contributed by atoms with Crippen molar-refractivity contribution in [2.45, 2.75) is 26.7 Å². The summed E-state index contributed by atoms with van der Waals surface area (Å²) in [6.45, 7) is 4.21. The number of aliphatic imine (C=N–C) groups is 1. The molecular weight excluding hydrogens is 408 g/mol. The monoisotopic (exact) mass is 426 g/mol. The number of nitrogens with one attached hydrogen (secondary N) is 1. The molecule has 1 amide bonds. The molecule has 8 heteroatoms. The summed E-state index contributed by atoms with van der Waals surface area (Å²) in [5, 5.41) is 16.4. The molecular formula is C21H19ClN4O2S. The summed E-state index contributed by atoms with van der Waals surface area (Å²) in [7, 11) is 0. The number of fused-ring (bicyclic) bond motifs is 1. The first-order valence-corrected chi connectivity index (χ1v) is 10.6. The van der Waals surface area contributed by atoms with E-state index in [1.54, 1.807) is 24.3 Å². The number of hydrazone groups is 1. The maximum atomic E-state index is 12.5. The lowest BCUT2D eigenvalue weighted by molar-refractivity contribution is -0.114. The number of halogens is 1. The number of carbonyl (C=O) groups excluding carboxylic acids is 1. The second-order valence-electron chi connectivity index (χ2n) is 6.68. The van der Waals surface area contributed by atoms with Crippen LogP contribution in [-0.4, -0.2) is 27.0 Å². The van der Waals surface area contributed by atoms with Gasteiger partial charge in [0.1, 0.15) is 16.6 Å². The molecule has 0 bridgehead atoms. The maximum absolute atomic E-state index is 12.5. The van der Waals surface area contributed by atoms with E-state index in [2.05, 4.69) is 23.9 Å². The molecule has 2 aromatic rings. The minimum atomic E-state index is -0.459. The minimum Gasteiger partial charge on any atom is -0.457 e. The zero-order valence-electron chi connectivity index (χ0n) is 16.0. The summed E-state index contributed by atoms with van der Waals surface area (Å²) in [5.74, 6) is 0.976. The third kappa shape index (κ3) is 3.80. The SMILES string of the molecule is CCC(CC)C1=NN2C(=N)/C(=C/c3ccc(-c4ccc(Cl)cc4)o3)C(=O)N=C2S1. The molecule has 1 aromatic heterocycles. The summed E-state index contributed by atoms with van der Waals surface area (Å²) >= 11 is 7.30. The van der Waals surface area contributed by atoms with Gasteiger partial charge in [-0.15, -0.1) is 0 Å². The highest BCUT2D eigenvalue weighted by Gasteiger charge is 2.37. The van der Waals surface area contributed by atoms with E-state index in [4.69, 9.17) is 21.4 Å². The molecule has 2 aliphatic rings. The predicted octanol–water partition coefficient (Wildman–Crippen LogP) is 5.66. The van der Waals surface area contributed by atoms with Gasteiger partial charge in [0, 0.05) is 16.5 Å². The van der Waals surface area contributed by atoms with E-state index in [1.807, 2.05) is 18.2 Å². The summed E-state index contributed by atoms with van der Waals surface area (Å²) in [5.41, 5.74) is 1.03. The van der Waals surface area contributed by atoms with Crippen molar-refractivity contribution in [3.05, 3.63) is 52.8 Å². The van der Waals surface area contributed by atoms with Crippen molar-refractivity contribution in [1.82, 2.24) is 5.01 Å². The van der Waals surface area contributed by atoms with Gasteiger partial charge in [0.2, 0.25) is 5.17 Å². The van der Waals surface area contributed by atoms with Crippen molar-refractivity contribution < 1.29 is 9.21 Å². The lowest BCUT2D eigenvalue weighted by atomic mass is 10.1. The molecule has 0 fully saturated rings. The molecule has 148 valence electrons. The summed E-state index contributed by atoms with van der Waals surface area (Å²) in [6, 6.07) is 10.9. The largest absolute Gasteiger partial charge is 0.457 e. The van der Waals surface area contributed by atoms with Crippen molar-refractivity contribution in [1.29, 1.82) is 5.41 Å². The highest BCUT2D eigenvalue weighted by molar-refractivity contribution is 8.27. The van der Waals surface area contributed by atoms with Crippen LogP contribution in [0.4, 0.5) is 0 Å². The molecule has 3 heterocycles. The van der Waals surface area contributed by atoms with Crippen LogP contribution in [0.15, 0.2) is 56.5 Å². The first kappa shape index (κ1) is 19.7. The fourth-order valence-corrected chi connectivity index (χ4v) is 4.43. The van der Waals surface area contributed by atoms with Crippen LogP contribution in [0.5, 0.6) is 0 Å². The van der Waals surface area contributed by atoms with Crippen molar-refractivity contribution in [2.24, 2.45) is 16.0 Å². The van der Waals surface area contributed by atoms with Crippen LogP contribution < -0.4 is 0 Å². The Labute approximate surface area is 177 Å². The van der Waals surface area contributed by atoms with Gasteiger partial charge in [-0.25, -0.2) is 0 Å². The second-order valence-corrected chi connectivity index (χ2v) is 8.10. The smallest absolute Gasteiger partial charge is 0.283 e. The van der Waals surface area contributed by atoms with E-state index in [9.17, 15) is 4.79 Å². The number of nitrogens with zero attached hydrogens (tertiary/aromatic N) is 3. The topological polar surface area (TPSA) is 82.0 Å². The van der Waals surface area contributed by atoms with Crippen LogP contribution >= 0.6 is 23.4 Å². The average Bonchev–Trinajstić information content (AvgIpc) is 3.34. The zero-order chi connectivity index (χ0) is 20.5. The van der Waals surface area contributed by atoms with Crippen molar-refractivity contribution in [3.63, 3.8) is 0 Å². The highest BCUT2D eigenvalue weighted by atomic mass is 35.5. The number of amidine groups is 2. The minimum absolute atomic E-state index is 0.0119. The fraction of sp³-hybridized carbons (Fsp3) is 0.238. The van der Waals surface area contributed by atoms with Crippen LogP contribution in [0.2, 0.25) is 5.02 Å². The summed E-state index contributed by atoms with van der Waals surface area (Å²) in [4.78, 5) is 16.7. The van der Waals surface area contributed by atoms with E-state index in [1.165, 1.54) is 16.8 Å². The second kappa shape index (κ2) is 8.00. The molecule has 1 aromatic carbocycles. The Kier molecular flexibility index (Phi) is 5.43. The number of hydrogen-bond donors (Lipinski definition) is 1. The number of carbonyl (C=O) groups is 1. The molecule has 4 rings (SSSR count). The molecule has 0 aliphatic carbocycles. The number of thioether (sulfide) groups is 1. The summed E-state index contributed by atoms with van der Waals surface area (Å²) < 4.78 is 5.84. The maximum Gasteiger partial charge on any atom is 0.283 e.